The van der Waals surface area contributed by atoms with E-state index in [4.69, 9.17) is 16.6 Å². The second-order valence-electron chi connectivity index (χ2n) is 10.0. The Kier molecular flexibility index (Phi) is 8.13. The van der Waals surface area contributed by atoms with Crippen molar-refractivity contribution in [1.82, 2.24) is 29.9 Å². The van der Waals surface area contributed by atoms with Crippen LogP contribution >= 0.6 is 22.9 Å². The molecule has 2 aromatic heterocycles. The predicted octanol–water partition coefficient (Wildman–Crippen LogP) is 3.33. The third-order valence-electron chi connectivity index (χ3n) is 7.26. The number of nitrogens with one attached hydrogen (secondary N) is 1. The van der Waals surface area contributed by atoms with Crippen molar-refractivity contribution in [3.8, 4) is 5.00 Å². The van der Waals surface area contributed by atoms with Crippen molar-refractivity contribution < 1.29 is 14.7 Å². The van der Waals surface area contributed by atoms with Crippen LogP contribution in [0.4, 0.5) is 0 Å². The molecule has 1 atom stereocenters. The minimum Gasteiger partial charge on any atom is -0.477 e. The summed E-state index contributed by atoms with van der Waals surface area (Å²) in [6.07, 6.45) is 0.979. The lowest BCUT2D eigenvalue weighted by atomic mass is 9.99. The van der Waals surface area contributed by atoms with Crippen LogP contribution in [0, 0.1) is 13.8 Å². The van der Waals surface area contributed by atoms with Crippen molar-refractivity contribution >= 4 is 40.5 Å². The van der Waals surface area contributed by atoms with E-state index in [0.29, 0.717) is 45.1 Å². The van der Waals surface area contributed by atoms with Gasteiger partial charge in [-0.2, -0.15) is 0 Å². The van der Waals surface area contributed by atoms with Crippen molar-refractivity contribution in [3.05, 3.63) is 62.5 Å². The fraction of sp³-hybridized carbons (Fsp3) is 0.444. The molecule has 0 saturated carbocycles. The van der Waals surface area contributed by atoms with Gasteiger partial charge in [0.25, 0.3) is 0 Å². The van der Waals surface area contributed by atoms with E-state index < -0.39 is 12.0 Å². The summed E-state index contributed by atoms with van der Waals surface area (Å²) in [6, 6.07) is 6.67. The molecule has 2 aliphatic heterocycles. The first-order valence-corrected chi connectivity index (χ1v) is 14.2. The Hall–Kier alpha value is -3.12. The van der Waals surface area contributed by atoms with Gasteiger partial charge in [0.05, 0.1) is 12.1 Å². The zero-order valence-corrected chi connectivity index (χ0v) is 23.8. The standard InChI is InChI=1S/C27H32ClN7O3S/c1-16-22-23(18-5-7-19(28)8-6-18)30-20(15-21(36)29-9-4-10-34-13-11-33(3)12-14-34)25-32-31-17(2)35(25)26(22)39-24(16)27(37)38/h5-8,20H,4,9-15H2,1-3H3,(H,29,36)(H,37,38). The number of amides is 1. The van der Waals surface area contributed by atoms with E-state index in [9.17, 15) is 14.7 Å². The number of carboxylic acids is 1. The zero-order valence-electron chi connectivity index (χ0n) is 22.3. The van der Waals surface area contributed by atoms with Gasteiger partial charge in [0.2, 0.25) is 5.91 Å². The Morgan fingerprint density at radius 1 is 1.13 bits per heavy atom. The number of aromatic carboxylic acids is 1. The number of benzene rings is 1. The first kappa shape index (κ1) is 27.4. The first-order chi connectivity index (χ1) is 18.7. The molecule has 3 aromatic rings. The molecule has 12 heteroatoms. The van der Waals surface area contributed by atoms with E-state index >= 15 is 0 Å². The second-order valence-corrected chi connectivity index (χ2v) is 11.5. The van der Waals surface area contributed by atoms with E-state index in [1.807, 2.05) is 23.6 Å². The third kappa shape index (κ3) is 5.76. The van der Waals surface area contributed by atoms with Crippen LogP contribution in [0.1, 0.15) is 56.9 Å². The van der Waals surface area contributed by atoms with E-state index in [1.54, 1.807) is 19.1 Å². The maximum absolute atomic E-state index is 13.1. The van der Waals surface area contributed by atoms with Crippen LogP contribution in [0.2, 0.25) is 5.02 Å². The van der Waals surface area contributed by atoms with Crippen LogP contribution in [0.5, 0.6) is 0 Å². The summed E-state index contributed by atoms with van der Waals surface area (Å²) in [5.74, 6) is 0.0110. The summed E-state index contributed by atoms with van der Waals surface area (Å²) in [7, 11) is 2.14. The van der Waals surface area contributed by atoms with Crippen LogP contribution in [0.15, 0.2) is 29.3 Å². The number of carbonyl (C=O) groups excluding carboxylic acids is 1. The van der Waals surface area contributed by atoms with Gasteiger partial charge < -0.3 is 20.2 Å². The minimum absolute atomic E-state index is 0.101. The van der Waals surface area contributed by atoms with Gasteiger partial charge in [0, 0.05) is 48.9 Å². The molecule has 4 heterocycles. The molecule has 2 N–H and O–H groups in total. The number of carbonyl (C=O) groups is 2. The Morgan fingerprint density at radius 2 is 1.85 bits per heavy atom. The third-order valence-corrected chi connectivity index (χ3v) is 8.78. The van der Waals surface area contributed by atoms with Crippen LogP contribution < -0.4 is 5.32 Å². The summed E-state index contributed by atoms with van der Waals surface area (Å²) in [4.78, 5) is 35.2. The molecular weight excluding hydrogens is 538 g/mol. The van der Waals surface area contributed by atoms with Crippen molar-refractivity contribution in [3.63, 3.8) is 0 Å². The molecule has 39 heavy (non-hydrogen) atoms. The number of hydrogen-bond donors (Lipinski definition) is 2. The van der Waals surface area contributed by atoms with Gasteiger partial charge in [-0.15, -0.1) is 21.5 Å². The number of halogens is 1. The highest BCUT2D eigenvalue weighted by molar-refractivity contribution is 7.17. The lowest BCUT2D eigenvalue weighted by Gasteiger charge is -2.32. The molecule has 0 aliphatic carbocycles. The van der Waals surface area contributed by atoms with Gasteiger partial charge in [-0.1, -0.05) is 23.7 Å². The molecule has 1 unspecified atom stereocenters. The molecule has 1 aromatic carbocycles. The quantitative estimate of drug-likeness (QED) is 0.400. The molecule has 206 valence electrons. The van der Waals surface area contributed by atoms with Gasteiger partial charge in [-0.3, -0.25) is 14.4 Å². The Balaban J connectivity index is 1.42. The number of fused-ring (bicyclic) bond motifs is 3. The topological polar surface area (TPSA) is 116 Å². The van der Waals surface area contributed by atoms with Crippen LogP contribution in [-0.4, -0.2) is 93.6 Å². The number of likely N-dealkylation sites (N-methyl/N-ethyl adjacent to an activating group) is 1. The SMILES string of the molecule is Cc1c(C(=O)O)sc2c1C(c1ccc(Cl)cc1)=NC(CC(=O)NCCCN1CCN(C)CC1)c1nnc(C)n1-2. The van der Waals surface area contributed by atoms with Gasteiger partial charge in [0.1, 0.15) is 21.7 Å². The van der Waals surface area contributed by atoms with E-state index in [1.165, 1.54) is 11.3 Å². The summed E-state index contributed by atoms with van der Waals surface area (Å²) in [5.41, 5.74) is 2.72. The van der Waals surface area contributed by atoms with Crippen LogP contribution in [0.3, 0.4) is 0 Å². The van der Waals surface area contributed by atoms with E-state index in [2.05, 4.69) is 32.4 Å². The number of nitrogens with zero attached hydrogens (tertiary/aromatic N) is 6. The molecule has 0 spiro atoms. The average molecular weight is 570 g/mol. The monoisotopic (exact) mass is 569 g/mol. The molecule has 0 radical (unpaired) electrons. The normalized spacial score (nSPS) is 17.7. The maximum Gasteiger partial charge on any atom is 0.346 e. The molecule has 5 rings (SSSR count). The maximum atomic E-state index is 13.1. The minimum atomic E-state index is -0.999. The lowest BCUT2D eigenvalue weighted by molar-refractivity contribution is -0.121. The molecule has 1 fully saturated rings. The van der Waals surface area contributed by atoms with E-state index in [-0.39, 0.29) is 17.2 Å². The zero-order chi connectivity index (χ0) is 27.7. The Morgan fingerprint density at radius 3 is 2.54 bits per heavy atom. The van der Waals surface area contributed by atoms with Gasteiger partial charge in [0.15, 0.2) is 5.82 Å². The molecule has 0 bridgehead atoms. The Labute approximate surface area is 236 Å². The fourth-order valence-corrected chi connectivity index (χ4v) is 6.41. The van der Waals surface area contributed by atoms with Crippen molar-refractivity contribution in [2.24, 2.45) is 4.99 Å². The molecular formula is C27H32ClN7O3S. The van der Waals surface area contributed by atoms with Gasteiger partial charge in [-0.25, -0.2) is 4.79 Å². The first-order valence-electron chi connectivity index (χ1n) is 13.0. The van der Waals surface area contributed by atoms with Crippen LogP contribution in [0.25, 0.3) is 5.00 Å². The van der Waals surface area contributed by atoms with Crippen molar-refractivity contribution in [2.75, 3.05) is 46.3 Å². The van der Waals surface area contributed by atoms with Crippen molar-refractivity contribution in [1.29, 1.82) is 0 Å². The highest BCUT2D eigenvalue weighted by atomic mass is 35.5. The number of hydrogen-bond acceptors (Lipinski definition) is 8. The highest BCUT2D eigenvalue weighted by Crippen LogP contribution is 2.40. The fourth-order valence-electron chi connectivity index (χ4n) is 5.08. The number of thiophene rings is 1. The van der Waals surface area contributed by atoms with Crippen molar-refractivity contribution in [2.45, 2.75) is 32.7 Å². The van der Waals surface area contributed by atoms with Gasteiger partial charge in [-0.05, 0) is 51.6 Å². The largest absolute Gasteiger partial charge is 0.477 e. The second kappa shape index (κ2) is 11.5. The molecule has 2 aliphatic rings. The smallest absolute Gasteiger partial charge is 0.346 e. The molecule has 1 saturated heterocycles. The van der Waals surface area contributed by atoms with Crippen LogP contribution in [-0.2, 0) is 4.79 Å². The number of piperazine rings is 1. The van der Waals surface area contributed by atoms with E-state index in [0.717, 1.165) is 44.7 Å². The molecule has 10 nitrogen and oxygen atoms in total. The summed E-state index contributed by atoms with van der Waals surface area (Å²) in [6.45, 7) is 9.40. The number of aromatic nitrogens is 3. The summed E-state index contributed by atoms with van der Waals surface area (Å²) < 4.78 is 1.84. The predicted molar refractivity (Wildman–Crippen MR) is 152 cm³/mol. The number of rotatable bonds is 8. The molecule has 1 amide bonds. The Bertz CT molecular complexity index is 1410. The number of aliphatic imine (C=N–C) groups is 1. The lowest BCUT2D eigenvalue weighted by Crippen LogP contribution is -2.45. The highest BCUT2D eigenvalue weighted by Gasteiger charge is 2.34. The average Bonchev–Trinajstić information content (AvgIpc) is 3.41. The number of carboxylic acid groups (broad SMARTS) is 1. The number of aryl methyl sites for hydroxylation is 1. The summed E-state index contributed by atoms with van der Waals surface area (Å²) >= 11 is 7.32. The summed E-state index contributed by atoms with van der Waals surface area (Å²) in [5, 5.41) is 22.9. The van der Waals surface area contributed by atoms with Gasteiger partial charge >= 0.3 is 5.97 Å².